The average molecular weight is 296 g/mol. The first kappa shape index (κ1) is 14.7. The van der Waals surface area contributed by atoms with Crippen LogP contribution in [0.5, 0.6) is 0 Å². The number of thiazole rings is 1. The standard InChI is InChI=1S/C14H20N2OS2/c1-10(2)16(7-11(3)17)8-13-6-15-14(19-13)12-4-5-18-9-12/h4-6,9-11,17H,7-8H2,1-3H3. The molecule has 0 fully saturated rings. The predicted molar refractivity (Wildman–Crippen MR) is 82.7 cm³/mol. The van der Waals surface area contributed by atoms with Crippen molar-refractivity contribution in [1.29, 1.82) is 0 Å². The SMILES string of the molecule is CC(O)CN(Cc1cnc(-c2ccsc2)s1)C(C)C. The summed E-state index contributed by atoms with van der Waals surface area (Å²) < 4.78 is 0. The fourth-order valence-electron chi connectivity index (χ4n) is 1.90. The summed E-state index contributed by atoms with van der Waals surface area (Å²) in [5.74, 6) is 0. The molecule has 1 N–H and O–H groups in total. The fraction of sp³-hybridized carbons (Fsp3) is 0.500. The van der Waals surface area contributed by atoms with Crippen LogP contribution >= 0.6 is 22.7 Å². The third-order valence-corrected chi connectivity index (χ3v) is 4.62. The lowest BCUT2D eigenvalue weighted by Crippen LogP contribution is -2.35. The van der Waals surface area contributed by atoms with Crippen LogP contribution in [0, 0.1) is 0 Å². The molecule has 0 saturated heterocycles. The van der Waals surface area contributed by atoms with Crippen molar-refractivity contribution in [3.05, 3.63) is 27.9 Å². The van der Waals surface area contributed by atoms with Gasteiger partial charge in [0.1, 0.15) is 5.01 Å². The van der Waals surface area contributed by atoms with E-state index in [1.807, 2.05) is 13.1 Å². The topological polar surface area (TPSA) is 36.4 Å². The van der Waals surface area contributed by atoms with Crippen molar-refractivity contribution in [3.8, 4) is 10.6 Å². The van der Waals surface area contributed by atoms with Crippen molar-refractivity contribution in [2.24, 2.45) is 0 Å². The molecule has 19 heavy (non-hydrogen) atoms. The molecule has 2 aromatic rings. The Labute approximate surface area is 122 Å². The van der Waals surface area contributed by atoms with Crippen molar-refractivity contribution in [1.82, 2.24) is 9.88 Å². The number of hydrogen-bond donors (Lipinski definition) is 1. The van der Waals surface area contributed by atoms with Crippen LogP contribution in [-0.2, 0) is 6.54 Å². The zero-order chi connectivity index (χ0) is 13.8. The molecule has 2 heterocycles. The molecule has 0 bridgehead atoms. The highest BCUT2D eigenvalue weighted by Crippen LogP contribution is 2.27. The third-order valence-electron chi connectivity index (χ3n) is 2.91. The van der Waals surface area contributed by atoms with Crippen LogP contribution in [0.2, 0.25) is 0 Å². The molecule has 0 radical (unpaired) electrons. The van der Waals surface area contributed by atoms with E-state index in [9.17, 15) is 5.11 Å². The predicted octanol–water partition coefficient (Wildman–Crippen LogP) is 3.46. The zero-order valence-electron chi connectivity index (χ0n) is 11.5. The maximum atomic E-state index is 9.55. The molecule has 0 aliphatic carbocycles. The quantitative estimate of drug-likeness (QED) is 0.887. The van der Waals surface area contributed by atoms with Crippen molar-refractivity contribution >= 4 is 22.7 Å². The molecule has 104 valence electrons. The molecule has 5 heteroatoms. The van der Waals surface area contributed by atoms with Crippen molar-refractivity contribution in [2.45, 2.75) is 39.5 Å². The first-order valence-electron chi connectivity index (χ1n) is 6.45. The van der Waals surface area contributed by atoms with E-state index in [1.54, 1.807) is 22.7 Å². The van der Waals surface area contributed by atoms with Gasteiger partial charge in [0, 0.05) is 41.1 Å². The summed E-state index contributed by atoms with van der Waals surface area (Å²) in [5.41, 5.74) is 1.20. The van der Waals surface area contributed by atoms with Gasteiger partial charge in [0.25, 0.3) is 0 Å². The Hall–Kier alpha value is -0.750. The Morgan fingerprint density at radius 1 is 1.37 bits per heavy atom. The molecule has 2 aromatic heterocycles. The molecule has 0 amide bonds. The third kappa shape index (κ3) is 4.11. The largest absolute Gasteiger partial charge is 0.392 e. The van der Waals surface area contributed by atoms with Crippen LogP contribution in [0.4, 0.5) is 0 Å². The summed E-state index contributed by atoms with van der Waals surface area (Å²) in [7, 11) is 0. The van der Waals surface area contributed by atoms with Crippen LogP contribution in [0.3, 0.4) is 0 Å². The summed E-state index contributed by atoms with van der Waals surface area (Å²) in [4.78, 5) is 8.01. The van der Waals surface area contributed by atoms with Gasteiger partial charge in [-0.05, 0) is 32.2 Å². The van der Waals surface area contributed by atoms with Crippen LogP contribution in [0.15, 0.2) is 23.0 Å². The normalized spacial score (nSPS) is 13.4. The minimum absolute atomic E-state index is 0.299. The first-order valence-corrected chi connectivity index (χ1v) is 8.21. The average Bonchev–Trinajstić information content (AvgIpc) is 2.97. The second-order valence-corrected chi connectivity index (χ2v) is 6.91. The lowest BCUT2D eigenvalue weighted by Gasteiger charge is -2.26. The molecule has 1 unspecified atom stereocenters. The second kappa shape index (κ2) is 6.61. The molecule has 0 saturated carbocycles. The lowest BCUT2D eigenvalue weighted by molar-refractivity contribution is 0.103. The first-order chi connectivity index (χ1) is 9.06. The maximum Gasteiger partial charge on any atom is 0.124 e. The summed E-state index contributed by atoms with van der Waals surface area (Å²) in [6, 6.07) is 2.52. The zero-order valence-corrected chi connectivity index (χ0v) is 13.2. The van der Waals surface area contributed by atoms with E-state index in [4.69, 9.17) is 0 Å². The van der Waals surface area contributed by atoms with E-state index in [1.165, 1.54) is 10.4 Å². The molecule has 0 aliphatic heterocycles. The Kier molecular flexibility index (Phi) is 5.10. The molecule has 2 rings (SSSR count). The highest BCUT2D eigenvalue weighted by atomic mass is 32.1. The van der Waals surface area contributed by atoms with Gasteiger partial charge in [0.2, 0.25) is 0 Å². The van der Waals surface area contributed by atoms with Gasteiger partial charge in [-0.25, -0.2) is 4.98 Å². The van der Waals surface area contributed by atoms with Gasteiger partial charge >= 0.3 is 0 Å². The molecule has 1 atom stereocenters. The van der Waals surface area contributed by atoms with Crippen LogP contribution < -0.4 is 0 Å². The van der Waals surface area contributed by atoms with Gasteiger partial charge in [-0.15, -0.1) is 11.3 Å². The highest BCUT2D eigenvalue weighted by Gasteiger charge is 2.14. The fourth-order valence-corrected chi connectivity index (χ4v) is 3.55. The lowest BCUT2D eigenvalue weighted by atomic mass is 10.2. The monoisotopic (exact) mass is 296 g/mol. The molecule has 0 spiro atoms. The van der Waals surface area contributed by atoms with E-state index in [2.05, 4.69) is 40.6 Å². The summed E-state index contributed by atoms with van der Waals surface area (Å²) >= 11 is 3.43. The molecule has 3 nitrogen and oxygen atoms in total. The van der Waals surface area contributed by atoms with Gasteiger partial charge in [-0.3, -0.25) is 4.90 Å². The number of rotatable bonds is 6. The van der Waals surface area contributed by atoms with Crippen LogP contribution in [0.25, 0.3) is 10.6 Å². The van der Waals surface area contributed by atoms with E-state index < -0.39 is 0 Å². The van der Waals surface area contributed by atoms with Crippen molar-refractivity contribution in [2.75, 3.05) is 6.54 Å². The van der Waals surface area contributed by atoms with Gasteiger partial charge < -0.3 is 5.11 Å². The number of aliphatic hydroxyl groups is 1. The number of aliphatic hydroxyl groups excluding tert-OH is 1. The Bertz CT molecular complexity index is 491. The van der Waals surface area contributed by atoms with Gasteiger partial charge in [-0.2, -0.15) is 11.3 Å². The molecule has 0 aliphatic rings. The van der Waals surface area contributed by atoms with Crippen molar-refractivity contribution < 1.29 is 5.11 Å². The Balaban J connectivity index is 2.06. The second-order valence-electron chi connectivity index (χ2n) is 5.02. The number of nitrogens with zero attached hydrogens (tertiary/aromatic N) is 2. The smallest absolute Gasteiger partial charge is 0.124 e. The number of aromatic nitrogens is 1. The summed E-state index contributed by atoms with van der Waals surface area (Å²) in [6.07, 6.45) is 1.65. The molecule has 0 aromatic carbocycles. The van der Waals surface area contributed by atoms with E-state index in [0.717, 1.165) is 11.6 Å². The van der Waals surface area contributed by atoms with E-state index >= 15 is 0 Å². The van der Waals surface area contributed by atoms with E-state index in [0.29, 0.717) is 12.6 Å². The van der Waals surface area contributed by atoms with Crippen molar-refractivity contribution in [3.63, 3.8) is 0 Å². The van der Waals surface area contributed by atoms with Gasteiger partial charge in [0.15, 0.2) is 0 Å². The molecular formula is C14H20N2OS2. The minimum Gasteiger partial charge on any atom is -0.392 e. The van der Waals surface area contributed by atoms with Gasteiger partial charge in [-0.1, -0.05) is 0 Å². The van der Waals surface area contributed by atoms with Crippen LogP contribution in [0.1, 0.15) is 25.6 Å². The Morgan fingerprint density at radius 2 is 2.16 bits per heavy atom. The van der Waals surface area contributed by atoms with Crippen LogP contribution in [-0.4, -0.2) is 33.7 Å². The minimum atomic E-state index is -0.299. The van der Waals surface area contributed by atoms with E-state index in [-0.39, 0.29) is 6.10 Å². The molecular weight excluding hydrogens is 276 g/mol. The summed E-state index contributed by atoms with van der Waals surface area (Å²) in [5, 5.41) is 14.8. The summed E-state index contributed by atoms with van der Waals surface area (Å²) in [6.45, 7) is 7.69. The highest BCUT2D eigenvalue weighted by molar-refractivity contribution is 7.15. The van der Waals surface area contributed by atoms with Gasteiger partial charge in [0.05, 0.1) is 6.10 Å². The maximum absolute atomic E-state index is 9.55. The number of thiophene rings is 1. The Morgan fingerprint density at radius 3 is 2.74 bits per heavy atom. The number of hydrogen-bond acceptors (Lipinski definition) is 5.